The van der Waals surface area contributed by atoms with Crippen LogP contribution in [0.1, 0.15) is 444 Å². The highest BCUT2D eigenvalue weighted by Gasteiger charge is 2.18. The van der Waals surface area contributed by atoms with Gasteiger partial charge in [0.15, 0.2) is 0 Å². The van der Waals surface area contributed by atoms with Gasteiger partial charge in [-0.2, -0.15) is 0 Å². The van der Waals surface area contributed by atoms with Gasteiger partial charge in [-0.1, -0.05) is 410 Å². The van der Waals surface area contributed by atoms with Crippen molar-refractivity contribution in [3.63, 3.8) is 0 Å². The molecule has 0 aliphatic rings. The van der Waals surface area contributed by atoms with E-state index in [1.54, 1.807) is 6.08 Å². The summed E-state index contributed by atoms with van der Waals surface area (Å²) in [7, 11) is 0. The van der Waals surface area contributed by atoms with E-state index in [9.17, 15) is 19.8 Å². The Morgan fingerprint density at radius 1 is 0.322 bits per heavy atom. The summed E-state index contributed by atoms with van der Waals surface area (Å²) in [6.07, 6.45) is 99.9. The summed E-state index contributed by atoms with van der Waals surface area (Å²) in [5.41, 5.74) is 0. The van der Waals surface area contributed by atoms with Gasteiger partial charge >= 0.3 is 5.97 Å². The molecule has 0 aliphatic carbocycles. The van der Waals surface area contributed by atoms with Gasteiger partial charge in [-0.15, -0.1) is 0 Å². The number of rotatable bonds is 75. The van der Waals surface area contributed by atoms with Crippen LogP contribution in [0.15, 0.2) is 36.5 Å². The Morgan fingerprint density at radius 3 is 0.908 bits per heavy atom. The van der Waals surface area contributed by atoms with Crippen LogP contribution in [0.5, 0.6) is 0 Å². The molecule has 0 bridgehead atoms. The molecule has 0 spiro atoms. The van der Waals surface area contributed by atoms with Crippen LogP contribution < -0.4 is 5.32 Å². The van der Waals surface area contributed by atoms with Gasteiger partial charge in [-0.3, -0.25) is 9.59 Å². The highest BCUT2D eigenvalue weighted by Crippen LogP contribution is 2.20. The number of amides is 1. The monoisotopic (exact) mass is 1220 g/mol. The van der Waals surface area contributed by atoms with Crippen LogP contribution in [-0.4, -0.2) is 47.4 Å². The molecule has 0 aromatic carbocycles. The van der Waals surface area contributed by atoms with Crippen LogP contribution in [0, 0.1) is 0 Å². The number of allylic oxidation sites excluding steroid dienone is 5. The van der Waals surface area contributed by atoms with Crippen molar-refractivity contribution in [2.75, 3.05) is 13.2 Å². The lowest BCUT2D eigenvalue weighted by Crippen LogP contribution is -2.45. The molecular formula is C81H155NO5. The molecule has 0 aliphatic heterocycles. The lowest BCUT2D eigenvalue weighted by atomic mass is 10.0. The summed E-state index contributed by atoms with van der Waals surface area (Å²) in [6.45, 7) is 4.90. The average Bonchev–Trinajstić information content (AvgIpc) is 3.54. The van der Waals surface area contributed by atoms with Gasteiger partial charge in [0, 0.05) is 12.8 Å². The normalized spacial score (nSPS) is 12.6. The second-order valence-electron chi connectivity index (χ2n) is 27.4. The quantitative estimate of drug-likeness (QED) is 0.0320. The molecule has 0 radical (unpaired) electrons. The molecule has 0 saturated heterocycles. The summed E-state index contributed by atoms with van der Waals surface area (Å²) in [5.74, 6) is -0.0491. The van der Waals surface area contributed by atoms with Crippen LogP contribution in [0.25, 0.3) is 0 Å². The van der Waals surface area contributed by atoms with Gasteiger partial charge < -0.3 is 20.3 Å². The zero-order valence-electron chi connectivity index (χ0n) is 59.0. The van der Waals surface area contributed by atoms with E-state index in [2.05, 4.69) is 43.5 Å². The molecule has 2 unspecified atom stereocenters. The first kappa shape index (κ1) is 85.1. The van der Waals surface area contributed by atoms with Gasteiger partial charge in [0.25, 0.3) is 0 Å². The second kappa shape index (κ2) is 76.5. The number of esters is 1. The van der Waals surface area contributed by atoms with Crippen molar-refractivity contribution in [3.8, 4) is 0 Å². The molecule has 514 valence electrons. The molecule has 0 rings (SSSR count). The number of nitrogens with one attached hydrogen (secondary N) is 1. The molecule has 0 fully saturated rings. The summed E-state index contributed by atoms with van der Waals surface area (Å²) in [5, 5.41) is 23.3. The molecule has 0 heterocycles. The third kappa shape index (κ3) is 73.0. The third-order valence-electron chi connectivity index (χ3n) is 18.7. The molecule has 0 saturated carbocycles. The standard InChI is InChI=1S/C81H155NO5/c1-3-5-7-9-11-13-15-17-19-20-40-43-46-49-53-57-61-65-69-73-79(84)78(77-83)82-80(85)74-70-66-62-58-54-50-47-44-41-38-36-34-32-30-28-26-24-22-21-23-25-27-29-31-33-35-37-39-42-45-48-52-56-60-64-68-72-76-87-81(86)75-71-67-63-59-55-51-18-16-14-12-10-8-6-4-2/h10,12,16,18,69,73,78-79,83-84H,3-9,11,13-15,17,19-68,70-72,74-77H2,1-2H3,(H,82,85)/b12-10-,18-16-,73-69+. The number of carbonyl (C=O) groups excluding carboxylic acids is 2. The van der Waals surface area contributed by atoms with Crippen LogP contribution in [0.3, 0.4) is 0 Å². The first-order valence-corrected chi connectivity index (χ1v) is 39.8. The number of unbranched alkanes of at least 4 members (excludes halogenated alkanes) is 60. The number of hydrogen-bond acceptors (Lipinski definition) is 5. The van der Waals surface area contributed by atoms with E-state index in [4.69, 9.17) is 4.74 Å². The smallest absolute Gasteiger partial charge is 0.305 e. The molecule has 6 nitrogen and oxygen atoms in total. The maximum absolute atomic E-state index is 12.5. The SMILES string of the molecule is CCCC/C=C\C/C=C\CCCCCCCC(=O)OCCCCCCCCCCCCCCCCCCCCCCCCCCCCCCCCCCCCCCCC(=O)NC(CO)C(O)/C=C/CCCCCCCCCCCCCCCCCCC. The van der Waals surface area contributed by atoms with Crippen molar-refractivity contribution in [3.05, 3.63) is 36.5 Å². The minimum atomic E-state index is -0.841. The van der Waals surface area contributed by atoms with Crippen LogP contribution in [0.4, 0.5) is 0 Å². The lowest BCUT2D eigenvalue weighted by molar-refractivity contribution is -0.143. The molecule has 0 aromatic rings. The molecule has 2 atom stereocenters. The van der Waals surface area contributed by atoms with E-state index in [1.807, 2.05) is 6.08 Å². The largest absolute Gasteiger partial charge is 0.466 e. The summed E-state index contributed by atoms with van der Waals surface area (Å²) in [6, 6.07) is -0.624. The number of hydrogen-bond donors (Lipinski definition) is 3. The van der Waals surface area contributed by atoms with E-state index in [-0.39, 0.29) is 18.5 Å². The summed E-state index contributed by atoms with van der Waals surface area (Å²) < 4.78 is 5.49. The van der Waals surface area contributed by atoms with Gasteiger partial charge in [-0.25, -0.2) is 0 Å². The third-order valence-corrected chi connectivity index (χ3v) is 18.7. The Hall–Kier alpha value is -1.92. The Labute approximate surface area is 544 Å². The van der Waals surface area contributed by atoms with Gasteiger partial charge in [0.2, 0.25) is 5.91 Å². The molecule has 3 N–H and O–H groups in total. The molecular weight excluding hydrogens is 1070 g/mol. The van der Waals surface area contributed by atoms with Crippen molar-refractivity contribution in [1.82, 2.24) is 5.32 Å². The highest BCUT2D eigenvalue weighted by atomic mass is 16.5. The minimum absolute atomic E-state index is 0.00901. The summed E-state index contributed by atoms with van der Waals surface area (Å²) >= 11 is 0. The Kier molecular flexibility index (Phi) is 74.8. The van der Waals surface area contributed by atoms with Gasteiger partial charge in [0.05, 0.1) is 25.4 Å². The Balaban J connectivity index is 3.32. The fourth-order valence-electron chi connectivity index (χ4n) is 12.6. The maximum Gasteiger partial charge on any atom is 0.305 e. The Morgan fingerprint density at radius 2 is 0.586 bits per heavy atom. The fraction of sp³-hybridized carbons (Fsp3) is 0.901. The number of aliphatic hydroxyl groups excluding tert-OH is 2. The topological polar surface area (TPSA) is 95.9 Å². The van der Waals surface area contributed by atoms with Crippen molar-refractivity contribution >= 4 is 11.9 Å². The first-order valence-electron chi connectivity index (χ1n) is 39.8. The molecule has 87 heavy (non-hydrogen) atoms. The van der Waals surface area contributed by atoms with Crippen LogP contribution in [0.2, 0.25) is 0 Å². The first-order chi connectivity index (χ1) is 43.0. The van der Waals surface area contributed by atoms with Crippen molar-refractivity contribution in [1.29, 1.82) is 0 Å². The predicted octanol–water partition coefficient (Wildman–Crippen LogP) is 26.2. The van der Waals surface area contributed by atoms with E-state index in [1.165, 1.54) is 366 Å². The number of aliphatic hydroxyl groups is 2. The lowest BCUT2D eigenvalue weighted by Gasteiger charge is -2.20. The Bertz CT molecular complexity index is 1410. The van der Waals surface area contributed by atoms with Crippen molar-refractivity contribution < 1.29 is 24.5 Å². The molecule has 6 heteroatoms. The zero-order chi connectivity index (χ0) is 62.8. The van der Waals surface area contributed by atoms with Gasteiger partial charge in [-0.05, 0) is 57.8 Å². The van der Waals surface area contributed by atoms with Gasteiger partial charge in [0.1, 0.15) is 0 Å². The zero-order valence-corrected chi connectivity index (χ0v) is 59.0. The summed E-state index contributed by atoms with van der Waals surface area (Å²) in [4.78, 5) is 24.6. The minimum Gasteiger partial charge on any atom is -0.466 e. The van der Waals surface area contributed by atoms with E-state index < -0.39 is 12.1 Å². The predicted molar refractivity (Wildman–Crippen MR) is 384 cm³/mol. The van der Waals surface area contributed by atoms with Crippen molar-refractivity contribution in [2.24, 2.45) is 0 Å². The number of carbonyl (C=O) groups is 2. The van der Waals surface area contributed by atoms with E-state index >= 15 is 0 Å². The van der Waals surface area contributed by atoms with Crippen LogP contribution in [-0.2, 0) is 14.3 Å². The number of ether oxygens (including phenoxy) is 1. The molecule has 0 aromatic heterocycles. The van der Waals surface area contributed by atoms with E-state index in [0.717, 1.165) is 51.4 Å². The fourth-order valence-corrected chi connectivity index (χ4v) is 12.6. The van der Waals surface area contributed by atoms with E-state index in [0.29, 0.717) is 19.4 Å². The average molecular weight is 1220 g/mol. The second-order valence-corrected chi connectivity index (χ2v) is 27.4. The highest BCUT2D eigenvalue weighted by molar-refractivity contribution is 5.76. The van der Waals surface area contributed by atoms with Crippen molar-refractivity contribution in [2.45, 2.75) is 456 Å². The van der Waals surface area contributed by atoms with Crippen LogP contribution >= 0.6 is 0 Å². The maximum atomic E-state index is 12.5. The molecule has 1 amide bonds.